The van der Waals surface area contributed by atoms with Crippen LogP contribution in [0.1, 0.15) is 26.4 Å². The Balaban J connectivity index is 1.99. The van der Waals surface area contributed by atoms with Gasteiger partial charge >= 0.3 is 0 Å². The summed E-state index contributed by atoms with van der Waals surface area (Å²) in [5.41, 5.74) is 2.99. The maximum atomic E-state index is 12.5. The fraction of sp³-hybridized carbons (Fsp3) is 0.125. The Kier molecular flexibility index (Phi) is 3.24. The number of carbonyl (C=O) groups is 1. The van der Waals surface area contributed by atoms with E-state index in [0.29, 0.717) is 16.1 Å². The monoisotopic (exact) mass is 295 g/mol. The fourth-order valence-corrected chi connectivity index (χ4v) is 3.31. The molecule has 0 unspecified atom stereocenters. The van der Waals surface area contributed by atoms with Gasteiger partial charge in [0.15, 0.2) is 0 Å². The molecule has 3 rings (SSSR count). The van der Waals surface area contributed by atoms with Crippen molar-refractivity contribution in [2.45, 2.75) is 13.8 Å². The second-order valence-corrected chi connectivity index (χ2v) is 6.02. The average molecular weight is 295 g/mol. The number of carbonyl (C=O) groups excluding carboxylic acids is 1. The molecule has 2 aromatic heterocycles. The quantitative estimate of drug-likeness (QED) is 0.751. The van der Waals surface area contributed by atoms with E-state index in [4.69, 9.17) is 0 Å². The number of amides is 1. The Morgan fingerprint density at radius 3 is 2.90 bits per heavy atom. The van der Waals surface area contributed by atoms with Gasteiger partial charge in [0.1, 0.15) is 11.1 Å². The number of aryl methyl sites for hydroxylation is 1. The minimum atomic E-state index is -0.196. The number of nitriles is 1. The second-order valence-electron chi connectivity index (χ2n) is 4.80. The first-order valence-electron chi connectivity index (χ1n) is 6.49. The third-order valence-corrected chi connectivity index (χ3v) is 4.69. The zero-order chi connectivity index (χ0) is 15.0. The van der Waals surface area contributed by atoms with Crippen LogP contribution >= 0.6 is 11.3 Å². The molecule has 104 valence electrons. The first kappa shape index (κ1) is 13.4. The van der Waals surface area contributed by atoms with E-state index < -0.39 is 0 Å². The molecule has 0 aliphatic rings. The van der Waals surface area contributed by atoms with Crippen molar-refractivity contribution >= 4 is 33.1 Å². The summed E-state index contributed by atoms with van der Waals surface area (Å²) >= 11 is 1.43. The molecule has 0 atom stereocenters. The van der Waals surface area contributed by atoms with Gasteiger partial charge in [-0.3, -0.25) is 4.79 Å². The summed E-state index contributed by atoms with van der Waals surface area (Å²) in [5.74, 6) is -0.196. The molecule has 3 aromatic rings. The fourth-order valence-electron chi connectivity index (χ4n) is 2.30. The van der Waals surface area contributed by atoms with Gasteiger partial charge in [0, 0.05) is 27.5 Å². The molecule has 0 saturated carbocycles. The van der Waals surface area contributed by atoms with E-state index in [1.54, 1.807) is 6.07 Å². The molecule has 1 amide bonds. The summed E-state index contributed by atoms with van der Waals surface area (Å²) in [7, 11) is 0. The van der Waals surface area contributed by atoms with Crippen molar-refractivity contribution in [3.8, 4) is 6.07 Å². The highest BCUT2D eigenvalue weighted by Gasteiger charge is 2.17. The number of aromatic nitrogens is 1. The smallest absolute Gasteiger partial charge is 0.256 e. The number of nitrogens with zero attached hydrogens (tertiary/aromatic N) is 1. The van der Waals surface area contributed by atoms with Crippen molar-refractivity contribution in [2.75, 3.05) is 5.32 Å². The Bertz CT molecular complexity index is 883. The van der Waals surface area contributed by atoms with Gasteiger partial charge in [-0.05, 0) is 37.6 Å². The van der Waals surface area contributed by atoms with Crippen molar-refractivity contribution in [3.63, 3.8) is 0 Å². The molecular weight excluding hydrogens is 282 g/mol. The number of H-pyrrole nitrogens is 1. The SMILES string of the molecule is Cc1sc(NC(=O)c2cccc3[nH]ccc23)c(C#N)c1C. The molecule has 0 aliphatic carbocycles. The molecule has 4 nitrogen and oxygen atoms in total. The van der Waals surface area contributed by atoms with E-state index in [9.17, 15) is 10.1 Å². The summed E-state index contributed by atoms with van der Waals surface area (Å²) in [5, 5.41) is 13.6. The van der Waals surface area contributed by atoms with Crippen LogP contribution in [-0.4, -0.2) is 10.9 Å². The number of nitrogens with one attached hydrogen (secondary N) is 2. The predicted octanol–water partition coefficient (Wildman–Crippen LogP) is 3.97. The molecule has 2 N–H and O–H groups in total. The lowest BCUT2D eigenvalue weighted by atomic mass is 10.1. The minimum absolute atomic E-state index is 0.196. The number of hydrogen-bond donors (Lipinski definition) is 2. The third kappa shape index (κ3) is 2.20. The van der Waals surface area contributed by atoms with Crippen LogP contribution in [0.3, 0.4) is 0 Å². The van der Waals surface area contributed by atoms with E-state index >= 15 is 0 Å². The van der Waals surface area contributed by atoms with Gasteiger partial charge in [-0.25, -0.2) is 0 Å². The number of aromatic amines is 1. The van der Waals surface area contributed by atoms with Crippen molar-refractivity contribution in [3.05, 3.63) is 52.0 Å². The standard InChI is InChI=1S/C16H13N3OS/c1-9-10(2)21-16(13(9)8-17)19-15(20)12-4-3-5-14-11(12)6-7-18-14/h3-7,18H,1-2H3,(H,19,20). The van der Waals surface area contributed by atoms with Gasteiger partial charge in [0.25, 0.3) is 5.91 Å². The van der Waals surface area contributed by atoms with Gasteiger partial charge in [-0.2, -0.15) is 5.26 Å². The van der Waals surface area contributed by atoms with Crippen LogP contribution in [0, 0.1) is 25.2 Å². The van der Waals surface area contributed by atoms with Crippen LogP contribution < -0.4 is 5.32 Å². The zero-order valence-corrected chi connectivity index (χ0v) is 12.5. The van der Waals surface area contributed by atoms with Crippen molar-refractivity contribution in [1.82, 2.24) is 4.98 Å². The number of hydrogen-bond acceptors (Lipinski definition) is 3. The highest BCUT2D eigenvalue weighted by Crippen LogP contribution is 2.32. The van der Waals surface area contributed by atoms with E-state index in [0.717, 1.165) is 21.3 Å². The van der Waals surface area contributed by atoms with Crippen LogP contribution in [0.15, 0.2) is 30.5 Å². The lowest BCUT2D eigenvalue weighted by molar-refractivity contribution is 0.102. The minimum Gasteiger partial charge on any atom is -0.361 e. The zero-order valence-electron chi connectivity index (χ0n) is 11.7. The molecule has 2 heterocycles. The molecule has 5 heteroatoms. The van der Waals surface area contributed by atoms with Crippen molar-refractivity contribution in [2.24, 2.45) is 0 Å². The van der Waals surface area contributed by atoms with E-state index in [2.05, 4.69) is 16.4 Å². The highest BCUT2D eigenvalue weighted by molar-refractivity contribution is 7.16. The molecule has 0 bridgehead atoms. The van der Waals surface area contributed by atoms with Gasteiger partial charge in [0.2, 0.25) is 0 Å². The van der Waals surface area contributed by atoms with Gasteiger partial charge in [0.05, 0.1) is 5.56 Å². The lowest BCUT2D eigenvalue weighted by Crippen LogP contribution is -2.12. The van der Waals surface area contributed by atoms with Crippen LogP contribution in [0.5, 0.6) is 0 Å². The number of rotatable bonds is 2. The summed E-state index contributed by atoms with van der Waals surface area (Å²) in [6.45, 7) is 3.84. The number of fused-ring (bicyclic) bond motifs is 1. The normalized spacial score (nSPS) is 10.5. The van der Waals surface area contributed by atoms with Crippen molar-refractivity contribution in [1.29, 1.82) is 5.26 Å². The Morgan fingerprint density at radius 2 is 2.14 bits per heavy atom. The maximum Gasteiger partial charge on any atom is 0.256 e. The van der Waals surface area contributed by atoms with Crippen molar-refractivity contribution < 1.29 is 4.79 Å². The van der Waals surface area contributed by atoms with Crippen LogP contribution in [0.4, 0.5) is 5.00 Å². The topological polar surface area (TPSA) is 68.7 Å². The van der Waals surface area contributed by atoms with E-state index in [1.165, 1.54) is 11.3 Å². The maximum absolute atomic E-state index is 12.5. The Morgan fingerprint density at radius 1 is 1.33 bits per heavy atom. The van der Waals surface area contributed by atoms with E-state index in [-0.39, 0.29) is 5.91 Å². The van der Waals surface area contributed by atoms with Crippen LogP contribution in [0.25, 0.3) is 10.9 Å². The van der Waals surface area contributed by atoms with Crippen LogP contribution in [0.2, 0.25) is 0 Å². The van der Waals surface area contributed by atoms with Crippen LogP contribution in [-0.2, 0) is 0 Å². The third-order valence-electron chi connectivity index (χ3n) is 3.56. The number of benzene rings is 1. The number of thiophene rings is 1. The number of anilines is 1. The Hall–Kier alpha value is -2.58. The molecule has 0 spiro atoms. The lowest BCUT2D eigenvalue weighted by Gasteiger charge is -2.05. The molecule has 0 fully saturated rings. The summed E-state index contributed by atoms with van der Waals surface area (Å²) in [6, 6.07) is 9.58. The average Bonchev–Trinajstić information content (AvgIpc) is 3.04. The van der Waals surface area contributed by atoms with Gasteiger partial charge in [-0.15, -0.1) is 11.3 Å². The summed E-state index contributed by atoms with van der Waals surface area (Å²) in [4.78, 5) is 16.6. The summed E-state index contributed by atoms with van der Waals surface area (Å²) in [6.07, 6.45) is 1.81. The molecule has 1 aromatic carbocycles. The first-order valence-corrected chi connectivity index (χ1v) is 7.31. The molecule has 0 saturated heterocycles. The molecule has 0 aliphatic heterocycles. The second kappa shape index (κ2) is 5.08. The predicted molar refractivity (Wildman–Crippen MR) is 84.8 cm³/mol. The summed E-state index contributed by atoms with van der Waals surface area (Å²) < 4.78 is 0. The van der Waals surface area contributed by atoms with Gasteiger partial charge < -0.3 is 10.3 Å². The first-order chi connectivity index (χ1) is 10.1. The molecular formula is C16H13N3OS. The molecule has 0 radical (unpaired) electrons. The Labute approximate surface area is 126 Å². The largest absolute Gasteiger partial charge is 0.361 e. The highest BCUT2D eigenvalue weighted by atomic mass is 32.1. The van der Waals surface area contributed by atoms with Gasteiger partial charge in [-0.1, -0.05) is 6.07 Å². The van der Waals surface area contributed by atoms with E-state index in [1.807, 2.05) is 38.2 Å². The molecule has 21 heavy (non-hydrogen) atoms.